The van der Waals surface area contributed by atoms with Crippen LogP contribution in [0.25, 0.3) is 0 Å². The smallest absolute Gasteiger partial charge is 0.195 e. The predicted molar refractivity (Wildman–Crippen MR) is 80.7 cm³/mol. The monoisotopic (exact) mass is 282 g/mol. The van der Waals surface area contributed by atoms with Crippen LogP contribution >= 0.6 is 11.8 Å². The maximum Gasteiger partial charge on any atom is 0.195 e. The first-order valence-electron chi connectivity index (χ1n) is 6.57. The van der Waals surface area contributed by atoms with Crippen molar-refractivity contribution in [1.82, 2.24) is 0 Å². The van der Waals surface area contributed by atoms with E-state index in [-0.39, 0.29) is 11.6 Å². The lowest BCUT2D eigenvalue weighted by molar-refractivity contribution is 0.0977. The molecule has 2 aromatic carbocycles. The molecule has 0 spiro atoms. The molecular formula is C17H14O2S. The molecule has 0 bridgehead atoms. The lowest BCUT2D eigenvalue weighted by atomic mass is 9.84. The summed E-state index contributed by atoms with van der Waals surface area (Å²) in [5.74, 6) is -0.0969. The van der Waals surface area contributed by atoms with Crippen LogP contribution in [0.1, 0.15) is 45.7 Å². The van der Waals surface area contributed by atoms with Crippen LogP contribution in [0.2, 0.25) is 0 Å². The van der Waals surface area contributed by atoms with Crippen LogP contribution in [0.5, 0.6) is 0 Å². The highest BCUT2D eigenvalue weighted by Gasteiger charge is 2.31. The number of carbonyl (C=O) groups excluding carboxylic acids is 2. The zero-order valence-corrected chi connectivity index (χ0v) is 12.2. The molecule has 2 aromatic rings. The van der Waals surface area contributed by atoms with Crippen LogP contribution in [0, 0.1) is 0 Å². The first-order valence-corrected chi connectivity index (χ1v) is 7.45. The second-order valence-corrected chi connectivity index (χ2v) is 6.67. The molecule has 1 aliphatic rings. The van der Waals surface area contributed by atoms with Gasteiger partial charge in [-0.2, -0.15) is 0 Å². The molecule has 3 heteroatoms. The Morgan fingerprint density at radius 3 is 2.05 bits per heavy atom. The molecule has 0 fully saturated rings. The minimum Gasteiger partial charge on any atom is -0.289 e. The summed E-state index contributed by atoms with van der Waals surface area (Å²) in [5, 5.41) is 0.363. The fourth-order valence-corrected chi connectivity index (χ4v) is 3.45. The van der Waals surface area contributed by atoms with Gasteiger partial charge in [-0.05, 0) is 6.07 Å². The number of fused-ring (bicyclic) bond motifs is 2. The SMILES string of the molecule is CC(C)Sc1cccc2c1C(=O)c1ccccc1C2=O. The summed E-state index contributed by atoms with van der Waals surface area (Å²) >= 11 is 1.62. The fraction of sp³-hybridized carbons (Fsp3) is 0.176. The van der Waals surface area contributed by atoms with E-state index in [4.69, 9.17) is 0 Å². The maximum absolute atomic E-state index is 12.7. The first kappa shape index (κ1) is 13.1. The molecule has 1 aliphatic carbocycles. The van der Waals surface area contributed by atoms with Gasteiger partial charge in [0, 0.05) is 32.4 Å². The van der Waals surface area contributed by atoms with Gasteiger partial charge in [0.25, 0.3) is 0 Å². The third-order valence-electron chi connectivity index (χ3n) is 3.28. The summed E-state index contributed by atoms with van der Waals surface area (Å²) in [4.78, 5) is 26.1. The van der Waals surface area contributed by atoms with Crippen LogP contribution in [-0.4, -0.2) is 16.8 Å². The number of carbonyl (C=O) groups is 2. The van der Waals surface area contributed by atoms with E-state index in [1.165, 1.54) is 0 Å². The minimum absolute atomic E-state index is 0.0426. The molecule has 0 unspecified atom stereocenters. The number of rotatable bonds is 2. The Balaban J connectivity index is 2.23. The molecule has 100 valence electrons. The average Bonchev–Trinajstić information content (AvgIpc) is 2.44. The number of benzene rings is 2. The Hall–Kier alpha value is -1.87. The van der Waals surface area contributed by atoms with E-state index >= 15 is 0 Å². The minimum atomic E-state index is -0.0543. The topological polar surface area (TPSA) is 34.1 Å². The highest BCUT2D eigenvalue weighted by molar-refractivity contribution is 8.00. The summed E-state index contributed by atoms with van der Waals surface area (Å²) in [6.07, 6.45) is 0. The number of hydrogen-bond acceptors (Lipinski definition) is 3. The van der Waals surface area contributed by atoms with E-state index in [1.54, 1.807) is 42.1 Å². The molecule has 0 saturated carbocycles. The van der Waals surface area contributed by atoms with E-state index in [2.05, 4.69) is 13.8 Å². The van der Waals surface area contributed by atoms with Crippen LogP contribution in [0.3, 0.4) is 0 Å². The normalized spacial score (nSPS) is 13.3. The lowest BCUT2D eigenvalue weighted by Crippen LogP contribution is -2.21. The molecule has 0 atom stereocenters. The van der Waals surface area contributed by atoms with Gasteiger partial charge in [0.1, 0.15) is 0 Å². The van der Waals surface area contributed by atoms with Gasteiger partial charge in [-0.25, -0.2) is 0 Å². The van der Waals surface area contributed by atoms with E-state index in [0.717, 1.165) is 4.90 Å². The quantitative estimate of drug-likeness (QED) is 0.667. The molecular weight excluding hydrogens is 268 g/mol. The average molecular weight is 282 g/mol. The van der Waals surface area contributed by atoms with Crippen LogP contribution in [0.4, 0.5) is 0 Å². The molecule has 3 rings (SSSR count). The molecule has 0 aliphatic heterocycles. The van der Waals surface area contributed by atoms with Crippen molar-refractivity contribution >= 4 is 23.3 Å². The van der Waals surface area contributed by atoms with Gasteiger partial charge in [0.05, 0.1) is 0 Å². The van der Waals surface area contributed by atoms with Crippen molar-refractivity contribution in [2.24, 2.45) is 0 Å². The van der Waals surface area contributed by atoms with Crippen molar-refractivity contribution < 1.29 is 9.59 Å². The highest BCUT2D eigenvalue weighted by atomic mass is 32.2. The van der Waals surface area contributed by atoms with Crippen molar-refractivity contribution in [3.05, 3.63) is 64.7 Å². The number of ketones is 2. The van der Waals surface area contributed by atoms with Crippen molar-refractivity contribution in [3.8, 4) is 0 Å². The standard InChI is InChI=1S/C17H14O2S/c1-10(2)20-14-9-5-8-13-15(14)17(19)12-7-4-3-6-11(12)16(13)18/h3-10H,1-2H3. The van der Waals surface area contributed by atoms with E-state index < -0.39 is 0 Å². The molecule has 2 nitrogen and oxygen atoms in total. The van der Waals surface area contributed by atoms with Crippen molar-refractivity contribution in [2.45, 2.75) is 24.0 Å². The summed E-state index contributed by atoms with van der Waals surface area (Å²) in [5.41, 5.74) is 2.12. The molecule has 0 N–H and O–H groups in total. The largest absolute Gasteiger partial charge is 0.289 e. The third-order valence-corrected chi connectivity index (χ3v) is 4.34. The number of thioether (sulfide) groups is 1. The Labute approximate surface area is 122 Å². The Morgan fingerprint density at radius 1 is 0.800 bits per heavy atom. The zero-order chi connectivity index (χ0) is 14.3. The second kappa shape index (κ2) is 4.91. The van der Waals surface area contributed by atoms with E-state index in [1.807, 2.05) is 12.1 Å². The number of hydrogen-bond donors (Lipinski definition) is 0. The van der Waals surface area contributed by atoms with Gasteiger partial charge in [-0.15, -0.1) is 11.8 Å². The molecule has 20 heavy (non-hydrogen) atoms. The van der Waals surface area contributed by atoms with Gasteiger partial charge in [0.15, 0.2) is 11.6 Å². The molecule has 0 heterocycles. The highest BCUT2D eigenvalue weighted by Crippen LogP contribution is 2.35. The molecule has 0 radical (unpaired) electrons. The second-order valence-electron chi connectivity index (χ2n) is 5.05. The van der Waals surface area contributed by atoms with Crippen molar-refractivity contribution in [3.63, 3.8) is 0 Å². The lowest BCUT2D eigenvalue weighted by Gasteiger charge is -2.20. The van der Waals surface area contributed by atoms with Gasteiger partial charge >= 0.3 is 0 Å². The maximum atomic E-state index is 12.7. The predicted octanol–water partition coefficient (Wildman–Crippen LogP) is 3.96. The van der Waals surface area contributed by atoms with Gasteiger partial charge in [-0.1, -0.05) is 50.2 Å². The van der Waals surface area contributed by atoms with Crippen LogP contribution in [-0.2, 0) is 0 Å². The van der Waals surface area contributed by atoms with Crippen molar-refractivity contribution in [2.75, 3.05) is 0 Å². The summed E-state index contributed by atoms with van der Waals surface area (Å²) in [6.45, 7) is 4.15. The summed E-state index contributed by atoms with van der Waals surface area (Å²) < 4.78 is 0. The first-order chi connectivity index (χ1) is 9.59. The van der Waals surface area contributed by atoms with Gasteiger partial charge in [-0.3, -0.25) is 9.59 Å². The van der Waals surface area contributed by atoms with E-state index in [9.17, 15) is 9.59 Å². The zero-order valence-electron chi connectivity index (χ0n) is 11.3. The molecule has 0 aromatic heterocycles. The Morgan fingerprint density at radius 2 is 1.40 bits per heavy atom. The summed E-state index contributed by atoms with van der Waals surface area (Å²) in [7, 11) is 0. The Bertz CT molecular complexity index is 717. The molecule has 0 amide bonds. The van der Waals surface area contributed by atoms with Crippen LogP contribution in [0.15, 0.2) is 47.4 Å². The van der Waals surface area contributed by atoms with Gasteiger partial charge in [0.2, 0.25) is 0 Å². The molecule has 0 saturated heterocycles. The van der Waals surface area contributed by atoms with Gasteiger partial charge < -0.3 is 0 Å². The third kappa shape index (κ3) is 1.98. The Kier molecular flexibility index (Phi) is 3.22. The van der Waals surface area contributed by atoms with Crippen LogP contribution < -0.4 is 0 Å². The van der Waals surface area contributed by atoms with Crippen molar-refractivity contribution in [1.29, 1.82) is 0 Å². The van der Waals surface area contributed by atoms with E-state index in [0.29, 0.717) is 27.5 Å². The fourth-order valence-electron chi connectivity index (χ4n) is 2.47. The summed E-state index contributed by atoms with van der Waals surface area (Å²) in [6, 6.07) is 12.6.